The zero-order valence-electron chi connectivity index (χ0n) is 18.8. The molecule has 1 unspecified atom stereocenters. The number of hydrogen-bond donors (Lipinski definition) is 2. The molecule has 1 amide bonds. The van der Waals surface area contributed by atoms with Gasteiger partial charge in [-0.2, -0.15) is 0 Å². The number of nitrogens with zero attached hydrogens (tertiary/aromatic N) is 1. The number of aryl methyl sites for hydroxylation is 2. The summed E-state index contributed by atoms with van der Waals surface area (Å²) in [6.07, 6.45) is 0. The number of rotatable bonds is 4. The molecule has 0 spiro atoms. The lowest BCUT2D eigenvalue weighted by Crippen LogP contribution is -2.29. The van der Waals surface area contributed by atoms with Crippen molar-refractivity contribution in [3.05, 3.63) is 112 Å². The molecule has 170 valence electrons. The van der Waals surface area contributed by atoms with Gasteiger partial charge in [-0.1, -0.05) is 60.2 Å². The summed E-state index contributed by atoms with van der Waals surface area (Å²) in [5.41, 5.74) is 4.63. The topological polar surface area (TPSA) is 73.4 Å². The Morgan fingerprint density at radius 3 is 2.35 bits per heavy atom. The number of likely N-dealkylation sites (tertiary alicyclic amines) is 1. The van der Waals surface area contributed by atoms with Gasteiger partial charge in [-0.3, -0.25) is 9.59 Å². The van der Waals surface area contributed by atoms with Crippen LogP contribution in [-0.4, -0.2) is 26.7 Å². The predicted octanol–water partition coefficient (Wildman–Crippen LogP) is 5.55. The number of carbonyl (C=O) groups is 2. The van der Waals surface area contributed by atoms with Crippen molar-refractivity contribution in [3.63, 3.8) is 0 Å². The van der Waals surface area contributed by atoms with Gasteiger partial charge in [0.1, 0.15) is 11.6 Å². The Kier molecular flexibility index (Phi) is 5.28. The first-order chi connectivity index (χ1) is 16.3. The summed E-state index contributed by atoms with van der Waals surface area (Å²) in [5, 5.41) is 12.1. The van der Waals surface area contributed by atoms with Gasteiger partial charge in [-0.25, -0.2) is 4.39 Å². The highest BCUT2D eigenvalue weighted by atomic mass is 19.1. The van der Waals surface area contributed by atoms with Gasteiger partial charge in [0.25, 0.3) is 11.7 Å². The van der Waals surface area contributed by atoms with Crippen molar-refractivity contribution in [2.24, 2.45) is 0 Å². The summed E-state index contributed by atoms with van der Waals surface area (Å²) < 4.78 is 13.5. The number of halogens is 1. The van der Waals surface area contributed by atoms with Crippen molar-refractivity contribution >= 4 is 28.4 Å². The van der Waals surface area contributed by atoms with Gasteiger partial charge in [0.15, 0.2) is 0 Å². The van der Waals surface area contributed by atoms with Crippen LogP contribution >= 0.6 is 0 Å². The summed E-state index contributed by atoms with van der Waals surface area (Å²) in [7, 11) is 0. The van der Waals surface area contributed by atoms with Gasteiger partial charge in [-0.05, 0) is 37.6 Å². The molecule has 0 radical (unpaired) electrons. The molecule has 2 N–H and O–H groups in total. The monoisotopic (exact) mass is 454 g/mol. The minimum atomic E-state index is -0.803. The van der Waals surface area contributed by atoms with E-state index in [0.717, 1.165) is 27.7 Å². The van der Waals surface area contributed by atoms with Crippen LogP contribution in [0.1, 0.15) is 34.0 Å². The van der Waals surface area contributed by atoms with Crippen LogP contribution in [0.25, 0.3) is 16.7 Å². The lowest BCUT2D eigenvalue weighted by molar-refractivity contribution is -0.140. The molecule has 1 aliphatic heterocycles. The molecule has 1 fully saturated rings. The first kappa shape index (κ1) is 21.6. The first-order valence-electron chi connectivity index (χ1n) is 11.0. The third-order valence-corrected chi connectivity index (χ3v) is 6.35. The lowest BCUT2D eigenvalue weighted by Gasteiger charge is -2.26. The molecule has 2 heterocycles. The molecule has 0 bridgehead atoms. The summed E-state index contributed by atoms with van der Waals surface area (Å²) in [6.45, 7) is 3.92. The van der Waals surface area contributed by atoms with Gasteiger partial charge in [-0.15, -0.1) is 0 Å². The second-order valence-corrected chi connectivity index (χ2v) is 8.63. The van der Waals surface area contributed by atoms with E-state index < -0.39 is 17.7 Å². The summed E-state index contributed by atoms with van der Waals surface area (Å²) in [6, 6.07) is 19.8. The number of aliphatic hydroxyl groups excluding tert-OH is 1. The fraction of sp³-hybridized carbons (Fsp3) is 0.143. The number of amides is 1. The maximum Gasteiger partial charge on any atom is 0.295 e. The Bertz CT molecular complexity index is 1450. The Morgan fingerprint density at radius 1 is 0.971 bits per heavy atom. The molecule has 5 rings (SSSR count). The number of H-pyrrole nitrogens is 1. The van der Waals surface area contributed by atoms with Gasteiger partial charge >= 0.3 is 0 Å². The molecule has 0 aliphatic carbocycles. The number of aromatic amines is 1. The van der Waals surface area contributed by atoms with E-state index in [-0.39, 0.29) is 23.7 Å². The van der Waals surface area contributed by atoms with Gasteiger partial charge in [0.2, 0.25) is 0 Å². The molecular weight excluding hydrogens is 431 g/mol. The van der Waals surface area contributed by atoms with E-state index in [2.05, 4.69) is 4.98 Å². The van der Waals surface area contributed by atoms with Crippen LogP contribution in [0.3, 0.4) is 0 Å². The number of nitrogens with one attached hydrogen (secondary N) is 1. The SMILES string of the molecule is Cc1ccc(/C(O)=C2\C(=O)C(=O)N(Cc3ccc(F)cc3)C2c2c(C)[nH]c3ccccc23)cc1. The minimum Gasteiger partial charge on any atom is -0.507 e. The smallest absolute Gasteiger partial charge is 0.295 e. The third-order valence-electron chi connectivity index (χ3n) is 6.35. The average molecular weight is 455 g/mol. The van der Waals surface area contributed by atoms with Gasteiger partial charge in [0.05, 0.1) is 11.6 Å². The van der Waals surface area contributed by atoms with Crippen molar-refractivity contribution in [2.45, 2.75) is 26.4 Å². The van der Waals surface area contributed by atoms with Crippen LogP contribution in [0.15, 0.2) is 78.4 Å². The maximum atomic E-state index is 13.5. The summed E-state index contributed by atoms with van der Waals surface area (Å²) in [5.74, 6) is -2.04. The molecule has 3 aromatic carbocycles. The van der Waals surface area contributed by atoms with E-state index in [0.29, 0.717) is 11.1 Å². The average Bonchev–Trinajstić information content (AvgIpc) is 3.28. The largest absolute Gasteiger partial charge is 0.507 e. The number of hydrogen-bond acceptors (Lipinski definition) is 3. The molecule has 0 saturated carbocycles. The number of fused-ring (bicyclic) bond motifs is 1. The molecule has 1 aliphatic rings. The van der Waals surface area contributed by atoms with E-state index >= 15 is 0 Å². The Morgan fingerprint density at radius 2 is 1.65 bits per heavy atom. The Hall–Kier alpha value is -4.19. The van der Waals surface area contributed by atoms with Crippen molar-refractivity contribution in [1.29, 1.82) is 0 Å². The van der Waals surface area contributed by atoms with Crippen LogP contribution in [-0.2, 0) is 16.1 Å². The van der Waals surface area contributed by atoms with Gasteiger partial charge < -0.3 is 15.0 Å². The highest BCUT2D eigenvalue weighted by Gasteiger charge is 2.47. The number of ketones is 1. The first-order valence-corrected chi connectivity index (χ1v) is 11.0. The quantitative estimate of drug-likeness (QED) is 0.241. The fourth-order valence-electron chi connectivity index (χ4n) is 4.65. The molecule has 1 atom stereocenters. The third kappa shape index (κ3) is 3.57. The fourth-order valence-corrected chi connectivity index (χ4v) is 4.65. The molecule has 1 aromatic heterocycles. The Labute approximate surface area is 196 Å². The maximum absolute atomic E-state index is 13.5. The van der Waals surface area contributed by atoms with Crippen LogP contribution in [0, 0.1) is 19.7 Å². The lowest BCUT2D eigenvalue weighted by atomic mass is 9.93. The van der Waals surface area contributed by atoms with Crippen LogP contribution < -0.4 is 0 Å². The zero-order chi connectivity index (χ0) is 24.0. The van der Waals surface area contributed by atoms with Crippen molar-refractivity contribution < 1.29 is 19.1 Å². The standard InChI is InChI=1S/C28H23FN2O3/c1-16-7-11-19(12-8-16)26(32)24-25(23-17(2)30-22-6-4-3-5-21(22)23)31(28(34)27(24)33)15-18-9-13-20(29)14-10-18/h3-14,25,30,32H,15H2,1-2H3/b26-24+. The molecule has 34 heavy (non-hydrogen) atoms. The van der Waals surface area contributed by atoms with Crippen molar-refractivity contribution in [2.75, 3.05) is 0 Å². The molecular formula is C28H23FN2O3. The highest BCUT2D eigenvalue weighted by molar-refractivity contribution is 6.46. The van der Waals surface area contributed by atoms with E-state index in [4.69, 9.17) is 0 Å². The van der Waals surface area contributed by atoms with E-state index in [1.54, 1.807) is 24.3 Å². The normalized spacial score (nSPS) is 17.6. The molecule has 5 nitrogen and oxygen atoms in total. The number of benzene rings is 3. The summed E-state index contributed by atoms with van der Waals surface area (Å²) >= 11 is 0. The van der Waals surface area contributed by atoms with Crippen molar-refractivity contribution in [3.8, 4) is 0 Å². The van der Waals surface area contributed by atoms with E-state index in [1.165, 1.54) is 17.0 Å². The second-order valence-electron chi connectivity index (χ2n) is 8.63. The van der Waals surface area contributed by atoms with E-state index in [1.807, 2.05) is 50.2 Å². The van der Waals surface area contributed by atoms with Crippen molar-refractivity contribution in [1.82, 2.24) is 9.88 Å². The Balaban J connectivity index is 1.73. The minimum absolute atomic E-state index is 0.0452. The number of carbonyl (C=O) groups excluding carboxylic acids is 2. The van der Waals surface area contributed by atoms with Gasteiger partial charge in [0, 0.05) is 34.3 Å². The molecule has 4 aromatic rings. The predicted molar refractivity (Wildman–Crippen MR) is 128 cm³/mol. The zero-order valence-corrected chi connectivity index (χ0v) is 18.8. The summed E-state index contributed by atoms with van der Waals surface area (Å²) in [4.78, 5) is 31.4. The van der Waals surface area contributed by atoms with Crippen LogP contribution in [0.4, 0.5) is 4.39 Å². The highest BCUT2D eigenvalue weighted by Crippen LogP contribution is 2.44. The second kappa shape index (κ2) is 8.30. The molecule has 1 saturated heterocycles. The molecule has 6 heteroatoms. The van der Waals surface area contributed by atoms with Crippen LogP contribution in [0.5, 0.6) is 0 Å². The number of aromatic nitrogens is 1. The van der Waals surface area contributed by atoms with E-state index in [9.17, 15) is 19.1 Å². The van der Waals surface area contributed by atoms with Crippen LogP contribution in [0.2, 0.25) is 0 Å². The number of aliphatic hydroxyl groups is 1. The number of para-hydroxylation sites is 1. The number of Topliss-reactive ketones (excluding diaryl/α,β-unsaturated/α-hetero) is 1.